The Morgan fingerprint density at radius 2 is 1.77 bits per heavy atom. The van der Waals surface area contributed by atoms with Gasteiger partial charge in [-0.2, -0.15) is 5.10 Å². The van der Waals surface area contributed by atoms with E-state index in [1.54, 1.807) is 4.90 Å². The van der Waals surface area contributed by atoms with Crippen LogP contribution >= 0.6 is 0 Å². The first kappa shape index (κ1) is 18.0. The van der Waals surface area contributed by atoms with E-state index in [2.05, 4.69) is 18.9 Å². The maximum Gasteiger partial charge on any atom is 0.306 e. The molecule has 0 bridgehead atoms. The van der Waals surface area contributed by atoms with Gasteiger partial charge in [0.15, 0.2) is 11.4 Å². The Labute approximate surface area is 151 Å². The lowest BCUT2D eigenvalue weighted by Crippen LogP contribution is -2.40. The number of aromatic nitrogens is 2. The second-order valence-electron chi connectivity index (χ2n) is 6.96. The molecule has 1 amide bonds. The van der Waals surface area contributed by atoms with E-state index in [0.29, 0.717) is 31.8 Å². The molecule has 1 aromatic heterocycles. The summed E-state index contributed by atoms with van der Waals surface area (Å²) >= 11 is 0. The highest BCUT2D eigenvalue weighted by molar-refractivity contribution is 5.95. The van der Waals surface area contributed by atoms with E-state index < -0.39 is 11.9 Å². The lowest BCUT2D eigenvalue weighted by Gasteiger charge is -2.29. The molecule has 0 saturated carbocycles. The van der Waals surface area contributed by atoms with Gasteiger partial charge in [0.25, 0.3) is 5.91 Å². The van der Waals surface area contributed by atoms with Gasteiger partial charge >= 0.3 is 5.97 Å². The van der Waals surface area contributed by atoms with Crippen molar-refractivity contribution in [3.8, 4) is 11.4 Å². The first-order valence-electron chi connectivity index (χ1n) is 8.78. The molecule has 1 fully saturated rings. The van der Waals surface area contributed by atoms with Gasteiger partial charge in [0.1, 0.15) is 0 Å². The van der Waals surface area contributed by atoms with Crippen molar-refractivity contribution in [1.29, 1.82) is 0 Å². The van der Waals surface area contributed by atoms with Gasteiger partial charge in [-0.05, 0) is 36.5 Å². The van der Waals surface area contributed by atoms with Gasteiger partial charge in [0.05, 0.1) is 17.8 Å². The lowest BCUT2D eigenvalue weighted by atomic mass is 9.97. The number of likely N-dealkylation sites (tertiary alicyclic amines) is 1. The minimum Gasteiger partial charge on any atom is -0.504 e. The van der Waals surface area contributed by atoms with Crippen LogP contribution in [0.25, 0.3) is 5.69 Å². The van der Waals surface area contributed by atoms with Crippen LogP contribution in [0.3, 0.4) is 0 Å². The van der Waals surface area contributed by atoms with E-state index >= 15 is 0 Å². The van der Waals surface area contributed by atoms with Crippen LogP contribution in [0.15, 0.2) is 30.5 Å². The molecular formula is C19H23N3O4. The molecule has 0 atom stereocenters. The molecule has 7 nitrogen and oxygen atoms in total. The molecule has 1 aliphatic rings. The third kappa shape index (κ3) is 3.56. The molecule has 2 heterocycles. The van der Waals surface area contributed by atoms with Crippen LogP contribution < -0.4 is 0 Å². The number of piperidine rings is 1. The maximum absolute atomic E-state index is 12.6. The van der Waals surface area contributed by atoms with Crippen molar-refractivity contribution in [1.82, 2.24) is 14.7 Å². The highest BCUT2D eigenvalue weighted by atomic mass is 16.4. The number of carbonyl (C=O) groups is 2. The Morgan fingerprint density at radius 3 is 2.31 bits per heavy atom. The molecule has 0 unspecified atom stereocenters. The Balaban J connectivity index is 1.75. The number of hydrogen-bond donors (Lipinski definition) is 2. The number of carboxylic acid groups (broad SMARTS) is 1. The monoisotopic (exact) mass is 357 g/mol. The van der Waals surface area contributed by atoms with E-state index in [0.717, 1.165) is 5.69 Å². The first-order valence-corrected chi connectivity index (χ1v) is 8.78. The first-order chi connectivity index (χ1) is 12.4. The van der Waals surface area contributed by atoms with Crippen LogP contribution in [0.4, 0.5) is 0 Å². The fourth-order valence-corrected chi connectivity index (χ4v) is 3.14. The number of amides is 1. The largest absolute Gasteiger partial charge is 0.504 e. The summed E-state index contributed by atoms with van der Waals surface area (Å²) in [5, 5.41) is 23.4. The summed E-state index contributed by atoms with van der Waals surface area (Å²) in [6.07, 6.45) is 2.25. The van der Waals surface area contributed by atoms with E-state index in [1.165, 1.54) is 16.4 Å². The summed E-state index contributed by atoms with van der Waals surface area (Å²) in [4.78, 5) is 25.2. The number of benzene rings is 1. The topological polar surface area (TPSA) is 95.7 Å². The van der Waals surface area contributed by atoms with Gasteiger partial charge in [-0.3, -0.25) is 9.59 Å². The molecule has 3 rings (SSSR count). The van der Waals surface area contributed by atoms with Crippen molar-refractivity contribution in [2.24, 2.45) is 5.92 Å². The summed E-state index contributed by atoms with van der Waals surface area (Å²) < 4.78 is 1.48. The van der Waals surface area contributed by atoms with Gasteiger partial charge in [0.2, 0.25) is 0 Å². The Bertz CT molecular complexity index is 803. The Hall–Kier alpha value is -2.83. The average molecular weight is 357 g/mol. The van der Waals surface area contributed by atoms with Gasteiger partial charge in [0, 0.05) is 13.1 Å². The minimum absolute atomic E-state index is 0.00767. The molecule has 0 spiro atoms. The highest BCUT2D eigenvalue weighted by Gasteiger charge is 2.30. The Morgan fingerprint density at radius 1 is 1.15 bits per heavy atom. The lowest BCUT2D eigenvalue weighted by molar-refractivity contribution is -0.143. The molecule has 0 aliphatic carbocycles. The second-order valence-corrected chi connectivity index (χ2v) is 6.96. The van der Waals surface area contributed by atoms with E-state index in [4.69, 9.17) is 5.11 Å². The summed E-state index contributed by atoms with van der Waals surface area (Å²) in [5.41, 5.74) is 1.95. The number of aromatic hydroxyl groups is 1. The van der Waals surface area contributed by atoms with Crippen LogP contribution in [0.1, 0.15) is 48.7 Å². The summed E-state index contributed by atoms with van der Waals surface area (Å²) in [5.74, 6) is -1.37. The summed E-state index contributed by atoms with van der Waals surface area (Å²) in [6.45, 7) is 4.93. The van der Waals surface area contributed by atoms with E-state index in [-0.39, 0.29) is 17.4 Å². The fraction of sp³-hybridized carbons (Fsp3) is 0.421. The number of hydrogen-bond acceptors (Lipinski definition) is 4. The van der Waals surface area contributed by atoms with E-state index in [1.807, 2.05) is 24.3 Å². The Kier molecular flexibility index (Phi) is 4.97. The molecule has 0 radical (unpaired) electrons. The van der Waals surface area contributed by atoms with E-state index in [9.17, 15) is 14.7 Å². The number of carbonyl (C=O) groups excluding carboxylic acids is 1. The molecule has 138 valence electrons. The van der Waals surface area contributed by atoms with Crippen molar-refractivity contribution in [2.45, 2.75) is 32.6 Å². The molecule has 7 heteroatoms. The third-order valence-electron chi connectivity index (χ3n) is 4.85. The zero-order valence-corrected chi connectivity index (χ0v) is 14.9. The molecule has 1 aromatic carbocycles. The van der Waals surface area contributed by atoms with Crippen molar-refractivity contribution >= 4 is 11.9 Å². The smallest absolute Gasteiger partial charge is 0.306 e. The summed E-state index contributed by atoms with van der Waals surface area (Å²) in [6, 6.07) is 7.79. The summed E-state index contributed by atoms with van der Waals surface area (Å²) in [7, 11) is 0. The third-order valence-corrected chi connectivity index (χ3v) is 4.85. The van der Waals surface area contributed by atoms with Crippen molar-refractivity contribution in [2.75, 3.05) is 13.1 Å². The van der Waals surface area contributed by atoms with Crippen molar-refractivity contribution in [3.05, 3.63) is 41.7 Å². The van der Waals surface area contributed by atoms with Gasteiger partial charge in [-0.25, -0.2) is 4.68 Å². The molecular weight excluding hydrogens is 334 g/mol. The predicted molar refractivity (Wildman–Crippen MR) is 95.6 cm³/mol. The van der Waals surface area contributed by atoms with Gasteiger partial charge in [-0.15, -0.1) is 0 Å². The molecule has 1 saturated heterocycles. The minimum atomic E-state index is -0.825. The van der Waals surface area contributed by atoms with Gasteiger partial charge < -0.3 is 15.1 Å². The average Bonchev–Trinajstić information content (AvgIpc) is 3.03. The maximum atomic E-state index is 12.6. The molecule has 2 N–H and O–H groups in total. The quantitative estimate of drug-likeness (QED) is 0.877. The van der Waals surface area contributed by atoms with Crippen LogP contribution in [0.5, 0.6) is 5.75 Å². The molecule has 26 heavy (non-hydrogen) atoms. The number of rotatable bonds is 4. The standard InChI is InChI=1S/C19H23N3O4/c1-12(2)13-3-5-15(6-4-13)22-11-16(23)17(20-22)18(24)21-9-7-14(8-10-21)19(25)26/h3-6,11-12,14,23H,7-10H2,1-2H3,(H,25,26). The van der Waals surface area contributed by atoms with Crippen LogP contribution in [-0.4, -0.2) is 49.9 Å². The molecule has 2 aromatic rings. The van der Waals surface area contributed by atoms with Gasteiger partial charge in [-0.1, -0.05) is 26.0 Å². The molecule has 1 aliphatic heterocycles. The SMILES string of the molecule is CC(C)c1ccc(-n2cc(O)c(C(=O)N3CCC(C(=O)O)CC3)n2)cc1. The van der Waals surface area contributed by atoms with Crippen LogP contribution in [-0.2, 0) is 4.79 Å². The van der Waals surface area contributed by atoms with Crippen molar-refractivity contribution in [3.63, 3.8) is 0 Å². The number of aliphatic carboxylic acids is 1. The normalized spacial score (nSPS) is 15.4. The fourth-order valence-electron chi connectivity index (χ4n) is 3.14. The number of nitrogens with zero attached hydrogens (tertiary/aromatic N) is 3. The van der Waals surface area contributed by atoms with Crippen molar-refractivity contribution < 1.29 is 19.8 Å². The number of carboxylic acids is 1. The van der Waals surface area contributed by atoms with Crippen LogP contribution in [0, 0.1) is 5.92 Å². The zero-order chi connectivity index (χ0) is 18.8. The van der Waals surface area contributed by atoms with Crippen LogP contribution in [0.2, 0.25) is 0 Å². The predicted octanol–water partition coefficient (Wildman–Crippen LogP) is 2.64. The second kappa shape index (κ2) is 7.19. The highest BCUT2D eigenvalue weighted by Crippen LogP contribution is 2.24. The zero-order valence-electron chi connectivity index (χ0n) is 14.9.